The fourth-order valence-corrected chi connectivity index (χ4v) is 6.14. The van der Waals surface area contributed by atoms with Crippen molar-refractivity contribution in [2.24, 2.45) is 5.92 Å². The van der Waals surface area contributed by atoms with E-state index in [4.69, 9.17) is 0 Å². The lowest BCUT2D eigenvalue weighted by molar-refractivity contribution is -0.119. The summed E-state index contributed by atoms with van der Waals surface area (Å²) in [6.07, 6.45) is 2.38. The number of aryl methyl sites for hydroxylation is 1. The lowest BCUT2D eigenvalue weighted by Gasteiger charge is -2.18. The Morgan fingerprint density at radius 2 is 1.97 bits per heavy atom. The van der Waals surface area contributed by atoms with Crippen LogP contribution in [0, 0.1) is 12.8 Å². The molecule has 0 aromatic heterocycles. The fourth-order valence-electron chi connectivity index (χ4n) is 3.69. The van der Waals surface area contributed by atoms with E-state index in [9.17, 15) is 18.0 Å². The Morgan fingerprint density at radius 1 is 1.20 bits per heavy atom. The zero-order valence-electron chi connectivity index (χ0n) is 16.7. The molecule has 1 aliphatic heterocycles. The highest BCUT2D eigenvalue weighted by Crippen LogP contribution is 2.39. The number of benzene rings is 2. The van der Waals surface area contributed by atoms with E-state index < -0.39 is 9.84 Å². The van der Waals surface area contributed by atoms with Gasteiger partial charge in [0.05, 0.1) is 10.6 Å². The van der Waals surface area contributed by atoms with E-state index in [0.717, 1.165) is 24.0 Å². The fraction of sp³-hybridized carbons (Fsp3) is 0.364. The van der Waals surface area contributed by atoms with Gasteiger partial charge in [-0.05, 0) is 77.5 Å². The van der Waals surface area contributed by atoms with Crippen LogP contribution < -0.4 is 10.2 Å². The topological polar surface area (TPSA) is 83.6 Å². The van der Waals surface area contributed by atoms with Gasteiger partial charge in [-0.3, -0.25) is 9.59 Å². The molecule has 0 unspecified atom stereocenters. The molecule has 1 N–H and O–H groups in total. The molecule has 2 aromatic rings. The van der Waals surface area contributed by atoms with Gasteiger partial charge in [-0.1, -0.05) is 12.1 Å². The molecule has 0 spiro atoms. The van der Waals surface area contributed by atoms with E-state index in [2.05, 4.69) is 21.2 Å². The van der Waals surface area contributed by atoms with Crippen molar-refractivity contribution in [2.75, 3.05) is 22.5 Å². The summed E-state index contributed by atoms with van der Waals surface area (Å²) in [4.78, 5) is 26.6. The largest absolute Gasteiger partial charge is 0.326 e. The molecule has 2 amide bonds. The summed E-state index contributed by atoms with van der Waals surface area (Å²) in [5, 5.41) is 2.74. The monoisotopic (exact) mass is 490 g/mol. The van der Waals surface area contributed by atoms with Crippen LogP contribution in [0.5, 0.6) is 0 Å². The normalized spacial score (nSPS) is 15.7. The van der Waals surface area contributed by atoms with Crippen molar-refractivity contribution >= 4 is 49.0 Å². The number of anilines is 2. The number of nitrogens with one attached hydrogen (secondary N) is 1. The first kappa shape index (κ1) is 21.1. The van der Waals surface area contributed by atoms with Gasteiger partial charge in [-0.15, -0.1) is 0 Å². The van der Waals surface area contributed by atoms with Gasteiger partial charge in [0.1, 0.15) is 0 Å². The van der Waals surface area contributed by atoms with Gasteiger partial charge in [0.25, 0.3) is 0 Å². The van der Waals surface area contributed by atoms with E-state index in [1.807, 2.05) is 25.1 Å². The third kappa shape index (κ3) is 4.44. The van der Waals surface area contributed by atoms with Crippen molar-refractivity contribution in [2.45, 2.75) is 37.5 Å². The minimum absolute atomic E-state index is 0.0740. The number of sulfone groups is 1. The van der Waals surface area contributed by atoms with Gasteiger partial charge < -0.3 is 10.2 Å². The van der Waals surface area contributed by atoms with Crippen molar-refractivity contribution in [3.8, 4) is 0 Å². The molecule has 0 radical (unpaired) electrons. The van der Waals surface area contributed by atoms with Crippen molar-refractivity contribution in [3.63, 3.8) is 0 Å². The van der Waals surface area contributed by atoms with Crippen LogP contribution in [0.1, 0.15) is 30.4 Å². The summed E-state index contributed by atoms with van der Waals surface area (Å²) in [5.74, 6) is -0.507. The van der Waals surface area contributed by atoms with Gasteiger partial charge in [0, 0.05) is 34.7 Å². The van der Waals surface area contributed by atoms with Crippen LogP contribution in [0.15, 0.2) is 45.8 Å². The molecule has 1 saturated carbocycles. The molecule has 6 nitrogen and oxygen atoms in total. The molecule has 0 bridgehead atoms. The third-order valence-electron chi connectivity index (χ3n) is 5.46. The van der Waals surface area contributed by atoms with E-state index in [0.29, 0.717) is 28.8 Å². The zero-order chi connectivity index (χ0) is 21.5. The first-order chi connectivity index (χ1) is 14.2. The number of amides is 2. The van der Waals surface area contributed by atoms with Crippen molar-refractivity contribution in [3.05, 3.63) is 52.0 Å². The van der Waals surface area contributed by atoms with Crippen LogP contribution in [0.25, 0.3) is 0 Å². The second-order valence-electron chi connectivity index (χ2n) is 7.91. The van der Waals surface area contributed by atoms with Crippen LogP contribution in [0.2, 0.25) is 0 Å². The van der Waals surface area contributed by atoms with Crippen LogP contribution >= 0.6 is 15.9 Å². The maximum Gasteiger partial charge on any atom is 0.230 e. The minimum Gasteiger partial charge on any atom is -0.326 e. The van der Waals surface area contributed by atoms with Crippen molar-refractivity contribution < 1.29 is 18.0 Å². The summed E-state index contributed by atoms with van der Waals surface area (Å²) >= 11 is 3.37. The number of carbonyl (C=O) groups excluding carboxylic acids is 2. The molecule has 2 aromatic carbocycles. The predicted molar refractivity (Wildman–Crippen MR) is 119 cm³/mol. The van der Waals surface area contributed by atoms with E-state index >= 15 is 0 Å². The Balaban J connectivity index is 1.49. The summed E-state index contributed by atoms with van der Waals surface area (Å²) in [6.45, 7) is 2.50. The smallest absolute Gasteiger partial charge is 0.230 e. The summed E-state index contributed by atoms with van der Waals surface area (Å²) < 4.78 is 26.4. The van der Waals surface area contributed by atoms with Crippen molar-refractivity contribution in [1.29, 1.82) is 0 Å². The first-order valence-electron chi connectivity index (χ1n) is 9.98. The highest BCUT2D eigenvalue weighted by molar-refractivity contribution is 9.10. The van der Waals surface area contributed by atoms with E-state index in [1.165, 1.54) is 0 Å². The third-order valence-corrected chi connectivity index (χ3v) is 8.12. The quantitative estimate of drug-likeness (QED) is 0.666. The van der Waals surface area contributed by atoms with Gasteiger partial charge in [-0.2, -0.15) is 0 Å². The summed E-state index contributed by atoms with van der Waals surface area (Å²) in [6, 6.07) is 10.7. The van der Waals surface area contributed by atoms with Gasteiger partial charge in [0.2, 0.25) is 11.8 Å². The number of rotatable bonds is 6. The molecule has 158 valence electrons. The Bertz CT molecular complexity index is 1130. The lowest BCUT2D eigenvalue weighted by atomic mass is 10.2. The molecular weight excluding hydrogens is 468 g/mol. The SMILES string of the molecule is Cc1cccc(NC(=O)CCS(=O)(=O)c2cc3c(cc2Br)CCN3C(=O)C2CC2)c1. The highest BCUT2D eigenvalue weighted by atomic mass is 79.9. The summed E-state index contributed by atoms with van der Waals surface area (Å²) in [5.41, 5.74) is 3.29. The molecular formula is C22H23BrN2O4S. The predicted octanol–water partition coefficient (Wildman–Crippen LogP) is 3.86. The van der Waals surface area contributed by atoms with Gasteiger partial charge in [0.15, 0.2) is 9.84 Å². The van der Waals surface area contributed by atoms with Crippen molar-refractivity contribution in [1.82, 2.24) is 0 Å². The minimum atomic E-state index is -3.71. The molecule has 2 aliphatic rings. The number of carbonyl (C=O) groups is 2. The number of nitrogens with zero attached hydrogens (tertiary/aromatic N) is 1. The van der Waals surface area contributed by atoms with E-state index in [1.54, 1.807) is 23.1 Å². The number of fused-ring (bicyclic) bond motifs is 1. The Morgan fingerprint density at radius 3 is 2.67 bits per heavy atom. The van der Waals surface area contributed by atoms with Gasteiger partial charge in [-0.25, -0.2) is 8.42 Å². The average molecular weight is 491 g/mol. The van der Waals surface area contributed by atoms with Crippen LogP contribution in [0.4, 0.5) is 11.4 Å². The second-order valence-corrected chi connectivity index (χ2v) is 10.8. The molecule has 1 aliphatic carbocycles. The summed E-state index contributed by atoms with van der Waals surface area (Å²) in [7, 11) is -3.71. The maximum atomic E-state index is 13.0. The molecule has 8 heteroatoms. The van der Waals surface area contributed by atoms with E-state index in [-0.39, 0.29) is 34.8 Å². The van der Waals surface area contributed by atoms with Gasteiger partial charge >= 0.3 is 0 Å². The van der Waals surface area contributed by atoms with Crippen LogP contribution in [-0.2, 0) is 25.8 Å². The molecule has 30 heavy (non-hydrogen) atoms. The average Bonchev–Trinajstić information content (AvgIpc) is 3.46. The maximum absolute atomic E-state index is 13.0. The molecule has 0 atom stereocenters. The number of halogens is 1. The lowest BCUT2D eigenvalue weighted by Crippen LogP contribution is -2.30. The Labute approximate surface area is 184 Å². The molecule has 4 rings (SSSR count). The first-order valence-corrected chi connectivity index (χ1v) is 12.4. The molecule has 0 saturated heterocycles. The Hall–Kier alpha value is -2.19. The highest BCUT2D eigenvalue weighted by Gasteiger charge is 2.37. The molecule has 1 heterocycles. The number of hydrogen-bond donors (Lipinski definition) is 1. The Kier molecular flexibility index (Phi) is 5.72. The second kappa shape index (κ2) is 8.15. The molecule has 1 fully saturated rings. The van der Waals surface area contributed by atoms with Crippen LogP contribution in [-0.4, -0.2) is 32.5 Å². The standard InChI is InChI=1S/C22H23BrN2O4S/c1-14-3-2-4-17(11-14)24-21(26)8-10-30(28,29)20-13-19-16(12-18(20)23)7-9-25(19)22(27)15-5-6-15/h2-4,11-13,15H,5-10H2,1H3,(H,24,26). The number of hydrogen-bond acceptors (Lipinski definition) is 4. The zero-order valence-corrected chi connectivity index (χ0v) is 19.1. The van der Waals surface area contributed by atoms with Crippen LogP contribution in [0.3, 0.4) is 0 Å².